The summed E-state index contributed by atoms with van der Waals surface area (Å²) >= 11 is 1.50. The second kappa shape index (κ2) is 7.13. The molecule has 0 saturated carbocycles. The zero-order valence-electron chi connectivity index (χ0n) is 15.1. The number of thiophene rings is 1. The maximum Gasteiger partial charge on any atom is 0.281 e. The molecule has 1 aliphatic heterocycles. The molecule has 0 unspecified atom stereocenters. The van der Waals surface area contributed by atoms with Crippen molar-refractivity contribution in [3.8, 4) is 5.88 Å². The third kappa shape index (κ3) is 3.39. The fraction of sp³-hybridized carbons (Fsp3) is 0.375. The van der Waals surface area contributed by atoms with Gasteiger partial charge in [-0.1, -0.05) is 0 Å². The lowest BCUT2D eigenvalue weighted by atomic mass is 10.3. The van der Waals surface area contributed by atoms with Crippen LogP contribution < -0.4 is 15.2 Å². The zero-order chi connectivity index (χ0) is 19.8. The maximum atomic E-state index is 12.7. The number of hydrogen-bond donors (Lipinski definition) is 1. The number of likely N-dealkylation sites (N-methyl/N-ethyl adjacent to an activating group) is 1. The first-order chi connectivity index (χ1) is 13.4. The first-order valence-electron chi connectivity index (χ1n) is 8.42. The quantitative estimate of drug-likeness (QED) is 0.617. The molecule has 1 aliphatic rings. The molecule has 4 heterocycles. The zero-order valence-corrected chi connectivity index (χ0v) is 16.0. The highest BCUT2D eigenvalue weighted by atomic mass is 32.1. The monoisotopic (exact) mass is 403 g/mol. The van der Waals surface area contributed by atoms with E-state index in [1.54, 1.807) is 0 Å². The fourth-order valence-electron chi connectivity index (χ4n) is 2.77. The molecule has 28 heavy (non-hydrogen) atoms. The Kier molecular flexibility index (Phi) is 4.65. The molecule has 0 aliphatic carbocycles. The second-order valence-corrected chi connectivity index (χ2v) is 7.62. The molecule has 0 radical (unpaired) electrons. The van der Waals surface area contributed by atoms with E-state index < -0.39 is 11.7 Å². The first-order valence-corrected chi connectivity index (χ1v) is 9.24. The van der Waals surface area contributed by atoms with Gasteiger partial charge in [-0.15, -0.1) is 21.5 Å². The molecular formula is C16H17N7O4S. The number of nitrogens with zero attached hydrogens (tertiary/aromatic N) is 7. The van der Waals surface area contributed by atoms with Crippen molar-refractivity contribution in [3.63, 3.8) is 0 Å². The van der Waals surface area contributed by atoms with Gasteiger partial charge in [0.1, 0.15) is 12.4 Å². The summed E-state index contributed by atoms with van der Waals surface area (Å²) < 4.78 is 6.47. The lowest BCUT2D eigenvalue weighted by Gasteiger charge is -2.24. The number of aryl methyl sites for hydroxylation is 1. The van der Waals surface area contributed by atoms with E-state index in [1.807, 2.05) is 19.1 Å². The minimum Gasteiger partial charge on any atom is -0.466 e. The Labute approximate surface area is 162 Å². The SMILES string of the molecule is Cc1ccc([C@@H](O)Cn2nnc(Cn3cnc4c(c3=O)N(C)C(=O)CO4)n2)s1. The van der Waals surface area contributed by atoms with Crippen LogP contribution in [-0.4, -0.2) is 54.4 Å². The number of fused-ring (bicyclic) bond motifs is 1. The number of hydrogen-bond acceptors (Lipinski definition) is 9. The molecule has 3 aromatic heterocycles. The number of carbonyl (C=O) groups is 1. The van der Waals surface area contributed by atoms with Crippen LogP contribution in [-0.2, 0) is 17.9 Å². The molecule has 4 rings (SSSR count). The third-order valence-electron chi connectivity index (χ3n) is 4.25. The van der Waals surface area contributed by atoms with Crippen molar-refractivity contribution in [1.82, 2.24) is 29.8 Å². The largest absolute Gasteiger partial charge is 0.466 e. The minimum absolute atomic E-state index is 0.0232. The maximum absolute atomic E-state index is 12.7. The average Bonchev–Trinajstić information content (AvgIpc) is 3.29. The lowest BCUT2D eigenvalue weighted by molar-refractivity contribution is -0.121. The van der Waals surface area contributed by atoms with Crippen molar-refractivity contribution in [2.75, 3.05) is 18.6 Å². The highest BCUT2D eigenvalue weighted by molar-refractivity contribution is 7.12. The molecule has 0 spiro atoms. The summed E-state index contributed by atoms with van der Waals surface area (Å²) in [6.07, 6.45) is 0.570. The van der Waals surface area contributed by atoms with Gasteiger partial charge in [0.2, 0.25) is 5.88 Å². The van der Waals surface area contributed by atoms with E-state index >= 15 is 0 Å². The van der Waals surface area contributed by atoms with Gasteiger partial charge in [-0.3, -0.25) is 14.2 Å². The predicted molar refractivity (Wildman–Crippen MR) is 98.3 cm³/mol. The minimum atomic E-state index is -0.745. The topological polar surface area (TPSA) is 128 Å². The smallest absolute Gasteiger partial charge is 0.281 e. The second-order valence-electron chi connectivity index (χ2n) is 6.30. The van der Waals surface area contributed by atoms with Gasteiger partial charge in [0, 0.05) is 16.8 Å². The molecule has 146 valence electrons. The van der Waals surface area contributed by atoms with Crippen LogP contribution in [0.4, 0.5) is 5.69 Å². The lowest BCUT2D eigenvalue weighted by Crippen LogP contribution is -2.41. The molecule has 11 nitrogen and oxygen atoms in total. The van der Waals surface area contributed by atoms with Gasteiger partial charge >= 0.3 is 0 Å². The average molecular weight is 403 g/mol. The van der Waals surface area contributed by atoms with Crippen LogP contribution in [0.5, 0.6) is 5.88 Å². The summed E-state index contributed by atoms with van der Waals surface area (Å²) in [6.45, 7) is 1.99. The van der Waals surface area contributed by atoms with Gasteiger partial charge in [-0.25, -0.2) is 4.98 Å². The number of tetrazole rings is 1. The van der Waals surface area contributed by atoms with Crippen molar-refractivity contribution in [2.45, 2.75) is 26.1 Å². The summed E-state index contributed by atoms with van der Waals surface area (Å²) in [7, 11) is 1.50. The molecule has 0 saturated heterocycles. The predicted octanol–water partition coefficient (Wildman–Crippen LogP) is -0.263. The Morgan fingerprint density at radius 2 is 2.18 bits per heavy atom. The number of ether oxygens (including phenoxy) is 1. The van der Waals surface area contributed by atoms with Gasteiger partial charge in [-0.05, 0) is 24.3 Å². The highest BCUT2D eigenvalue weighted by Gasteiger charge is 2.27. The van der Waals surface area contributed by atoms with Crippen molar-refractivity contribution in [1.29, 1.82) is 0 Å². The van der Waals surface area contributed by atoms with Crippen LogP contribution in [0, 0.1) is 6.92 Å². The van der Waals surface area contributed by atoms with E-state index in [2.05, 4.69) is 20.4 Å². The molecule has 0 bridgehead atoms. The molecular weight excluding hydrogens is 386 g/mol. The Balaban J connectivity index is 1.52. The number of aromatic nitrogens is 6. The van der Waals surface area contributed by atoms with Gasteiger partial charge in [0.05, 0.1) is 13.1 Å². The number of anilines is 1. The summed E-state index contributed by atoms with van der Waals surface area (Å²) in [5, 5.41) is 22.3. The van der Waals surface area contributed by atoms with Crippen molar-refractivity contribution >= 4 is 22.9 Å². The van der Waals surface area contributed by atoms with Crippen molar-refractivity contribution in [3.05, 3.63) is 44.4 Å². The van der Waals surface area contributed by atoms with Gasteiger partial charge in [-0.2, -0.15) is 4.80 Å². The summed E-state index contributed by atoms with van der Waals surface area (Å²) in [4.78, 5) is 33.0. The fourth-order valence-corrected chi connectivity index (χ4v) is 3.62. The van der Waals surface area contributed by atoms with E-state index in [4.69, 9.17) is 4.74 Å². The van der Waals surface area contributed by atoms with E-state index in [0.717, 1.165) is 9.75 Å². The Morgan fingerprint density at radius 3 is 2.93 bits per heavy atom. The molecule has 1 atom stereocenters. The van der Waals surface area contributed by atoms with Gasteiger partial charge in [0.25, 0.3) is 11.5 Å². The third-order valence-corrected chi connectivity index (χ3v) is 5.36. The van der Waals surface area contributed by atoms with Crippen LogP contribution in [0.15, 0.2) is 23.3 Å². The highest BCUT2D eigenvalue weighted by Crippen LogP contribution is 2.24. The number of amides is 1. The normalized spacial score (nSPS) is 14.7. The molecule has 0 aromatic carbocycles. The van der Waals surface area contributed by atoms with Gasteiger partial charge < -0.3 is 14.7 Å². The number of aliphatic hydroxyl groups is 1. The number of aliphatic hydroxyl groups excluding tert-OH is 1. The van der Waals surface area contributed by atoms with E-state index in [0.29, 0.717) is 0 Å². The van der Waals surface area contributed by atoms with E-state index in [-0.39, 0.29) is 43.0 Å². The number of rotatable bonds is 5. The van der Waals surface area contributed by atoms with Crippen molar-refractivity contribution < 1.29 is 14.6 Å². The summed E-state index contributed by atoms with van der Waals surface area (Å²) in [5.41, 5.74) is -0.361. The van der Waals surface area contributed by atoms with Crippen LogP contribution in [0.3, 0.4) is 0 Å². The molecule has 0 fully saturated rings. The summed E-state index contributed by atoms with van der Waals surface area (Å²) in [5.74, 6) is 0.0736. The van der Waals surface area contributed by atoms with Crippen LogP contribution >= 0.6 is 11.3 Å². The summed E-state index contributed by atoms with van der Waals surface area (Å²) in [6, 6.07) is 3.80. The van der Waals surface area contributed by atoms with Crippen LogP contribution in [0.1, 0.15) is 21.7 Å². The van der Waals surface area contributed by atoms with Gasteiger partial charge in [0.15, 0.2) is 18.1 Å². The Bertz CT molecular complexity index is 1090. The van der Waals surface area contributed by atoms with E-state index in [9.17, 15) is 14.7 Å². The molecule has 1 amide bonds. The molecule has 1 N–H and O–H groups in total. The van der Waals surface area contributed by atoms with Crippen molar-refractivity contribution in [2.24, 2.45) is 0 Å². The van der Waals surface area contributed by atoms with E-state index in [1.165, 1.54) is 39.0 Å². The van der Waals surface area contributed by atoms with Crippen LogP contribution in [0.2, 0.25) is 0 Å². The standard InChI is InChI=1S/C16H17N7O4S/c1-9-3-4-11(28-9)10(24)5-23-19-12(18-20-23)6-22-8-17-15-14(16(22)26)21(2)13(25)7-27-15/h3-4,8,10,24H,5-7H2,1-2H3/t10-/m0/s1. The first kappa shape index (κ1) is 18.3. The molecule has 3 aromatic rings. The number of carbonyl (C=O) groups excluding carboxylic acids is 1. The Morgan fingerprint density at radius 1 is 1.36 bits per heavy atom. The molecule has 12 heteroatoms. The Hall–Kier alpha value is -3.12. The van der Waals surface area contributed by atoms with Crippen LogP contribution in [0.25, 0.3) is 0 Å².